The molecule has 0 spiro atoms. The van der Waals surface area contributed by atoms with Crippen LogP contribution in [-0.4, -0.2) is 18.8 Å². The Morgan fingerprint density at radius 1 is 1.43 bits per heavy atom. The van der Waals surface area contributed by atoms with Crippen LogP contribution in [0.15, 0.2) is 23.3 Å². The van der Waals surface area contributed by atoms with Crippen LogP contribution in [0, 0.1) is 11.3 Å². The van der Waals surface area contributed by atoms with Crippen LogP contribution in [0.1, 0.15) is 0 Å². The van der Waals surface area contributed by atoms with Gasteiger partial charge in [0.2, 0.25) is 0 Å². The first-order valence-electron chi connectivity index (χ1n) is 4.61. The normalized spacial score (nSPS) is 27.4. The summed E-state index contributed by atoms with van der Waals surface area (Å²) in [6.45, 7) is 6.42. The Morgan fingerprint density at radius 3 is 2.43 bits per heavy atom. The third kappa shape index (κ3) is 2.50. The van der Waals surface area contributed by atoms with Crippen LogP contribution < -0.4 is 0 Å². The number of allylic oxidation sites excluding steroid dienone is 4. The summed E-state index contributed by atoms with van der Waals surface area (Å²) in [7, 11) is -1.59. The minimum absolute atomic E-state index is 0.102. The fourth-order valence-corrected chi connectivity index (χ4v) is 3.58. The predicted octanol–water partition coefficient (Wildman–Crippen LogP) is 3.80. The van der Waals surface area contributed by atoms with Gasteiger partial charge in [-0.15, -0.1) is 11.6 Å². The highest BCUT2D eigenvalue weighted by Crippen LogP contribution is 2.31. The zero-order chi connectivity index (χ0) is 10.9. The number of hydrogen-bond donors (Lipinski definition) is 1. The van der Waals surface area contributed by atoms with Crippen molar-refractivity contribution in [3.05, 3.63) is 23.3 Å². The van der Waals surface area contributed by atoms with Crippen molar-refractivity contribution < 1.29 is 0 Å². The molecule has 0 heterocycles. The molecule has 2 unspecified atom stereocenters. The molecule has 0 amide bonds. The molecule has 14 heavy (non-hydrogen) atoms. The summed E-state index contributed by atoms with van der Waals surface area (Å²) in [5, 5.41) is 9.37. The van der Waals surface area contributed by atoms with Gasteiger partial charge in [0.25, 0.3) is 0 Å². The van der Waals surface area contributed by atoms with Gasteiger partial charge in [0, 0.05) is 16.3 Å². The minimum Gasteiger partial charge on any atom is -0.314 e. The van der Waals surface area contributed by atoms with Gasteiger partial charge in [0.05, 0.1) is 13.5 Å². The van der Waals surface area contributed by atoms with Crippen LogP contribution in [0.3, 0.4) is 0 Å². The molecule has 0 saturated heterocycles. The fraction of sp³-hybridized carbons (Fsp3) is 0.500. The quantitative estimate of drug-likeness (QED) is 0.436. The van der Waals surface area contributed by atoms with Crippen molar-refractivity contribution in [2.75, 3.05) is 0 Å². The SMILES string of the molecule is C[Si](C)(C)C(=N)C1C(Cl)=CC=CC1Cl. The van der Waals surface area contributed by atoms with Gasteiger partial charge < -0.3 is 5.41 Å². The second-order valence-corrected chi connectivity index (χ2v) is 10.5. The molecule has 0 bridgehead atoms. The van der Waals surface area contributed by atoms with Crippen molar-refractivity contribution in [3.63, 3.8) is 0 Å². The second-order valence-electron chi connectivity index (χ2n) is 4.52. The number of halogens is 2. The maximum Gasteiger partial charge on any atom is 0.0959 e. The molecule has 0 aliphatic heterocycles. The highest BCUT2D eigenvalue weighted by atomic mass is 35.5. The van der Waals surface area contributed by atoms with Crippen molar-refractivity contribution in [2.45, 2.75) is 25.0 Å². The highest BCUT2D eigenvalue weighted by molar-refractivity contribution is 7.04. The molecule has 1 N–H and O–H groups in total. The first-order chi connectivity index (χ1) is 6.34. The van der Waals surface area contributed by atoms with Crippen LogP contribution in [0.25, 0.3) is 0 Å². The third-order valence-corrected chi connectivity index (χ3v) is 4.97. The van der Waals surface area contributed by atoms with Crippen molar-refractivity contribution in [2.24, 2.45) is 5.92 Å². The van der Waals surface area contributed by atoms with E-state index in [4.69, 9.17) is 28.6 Å². The van der Waals surface area contributed by atoms with Gasteiger partial charge in [-0.25, -0.2) is 0 Å². The van der Waals surface area contributed by atoms with E-state index in [-0.39, 0.29) is 11.3 Å². The maximum atomic E-state index is 8.11. The molecule has 0 aromatic heterocycles. The highest BCUT2D eigenvalue weighted by Gasteiger charge is 2.34. The van der Waals surface area contributed by atoms with Crippen molar-refractivity contribution in [1.82, 2.24) is 0 Å². The van der Waals surface area contributed by atoms with E-state index in [1.807, 2.05) is 18.2 Å². The minimum atomic E-state index is -1.59. The molecule has 1 rings (SSSR count). The predicted molar refractivity (Wildman–Crippen MR) is 67.3 cm³/mol. The zero-order valence-corrected chi connectivity index (χ0v) is 11.2. The topological polar surface area (TPSA) is 23.9 Å². The van der Waals surface area contributed by atoms with Gasteiger partial charge in [-0.3, -0.25) is 0 Å². The first kappa shape index (κ1) is 12.0. The lowest BCUT2D eigenvalue weighted by atomic mass is 10.0. The van der Waals surface area contributed by atoms with Crippen molar-refractivity contribution in [1.29, 1.82) is 5.41 Å². The largest absolute Gasteiger partial charge is 0.314 e. The molecule has 1 aliphatic rings. The van der Waals surface area contributed by atoms with E-state index < -0.39 is 8.07 Å². The summed E-state index contributed by atoms with van der Waals surface area (Å²) >= 11 is 12.2. The van der Waals surface area contributed by atoms with Gasteiger partial charge >= 0.3 is 0 Å². The fourth-order valence-electron chi connectivity index (χ4n) is 1.38. The van der Waals surface area contributed by atoms with Crippen LogP contribution in [-0.2, 0) is 0 Å². The maximum absolute atomic E-state index is 8.11. The smallest absolute Gasteiger partial charge is 0.0959 e. The Morgan fingerprint density at radius 2 is 2.00 bits per heavy atom. The molecule has 0 aromatic rings. The molecule has 0 saturated carbocycles. The third-order valence-electron chi connectivity index (χ3n) is 2.28. The molecule has 1 aliphatic carbocycles. The standard InChI is InChI=1S/C10H15Cl2NSi/c1-14(2,3)10(13)9-7(11)5-4-6-8(9)12/h4-7,9,13H,1-3H3. The van der Waals surface area contributed by atoms with Crippen molar-refractivity contribution >= 4 is 36.6 Å². The van der Waals surface area contributed by atoms with Gasteiger partial charge in [-0.2, -0.15) is 0 Å². The average Bonchev–Trinajstić information content (AvgIpc) is 2.01. The van der Waals surface area contributed by atoms with E-state index in [1.165, 1.54) is 0 Å². The average molecular weight is 248 g/mol. The number of alkyl halides is 1. The lowest BCUT2D eigenvalue weighted by molar-refractivity contribution is 0.862. The Kier molecular flexibility index (Phi) is 3.62. The van der Waals surface area contributed by atoms with Crippen LogP contribution in [0.2, 0.25) is 19.6 Å². The summed E-state index contributed by atoms with van der Waals surface area (Å²) < 4.78 is 0. The van der Waals surface area contributed by atoms with Crippen molar-refractivity contribution in [3.8, 4) is 0 Å². The van der Waals surface area contributed by atoms with Gasteiger partial charge in [0.1, 0.15) is 0 Å². The summed E-state index contributed by atoms with van der Waals surface area (Å²) in [5.41, 5.74) is 0. The molecule has 0 radical (unpaired) electrons. The molecular formula is C10H15Cl2NSi. The van der Waals surface area contributed by atoms with Crippen LogP contribution in [0.5, 0.6) is 0 Å². The van der Waals surface area contributed by atoms with E-state index >= 15 is 0 Å². The van der Waals surface area contributed by atoms with Gasteiger partial charge in [-0.05, 0) is 6.08 Å². The lowest BCUT2D eigenvalue weighted by Crippen LogP contribution is -2.42. The second kappa shape index (κ2) is 4.21. The Bertz CT molecular complexity index is 302. The molecular weight excluding hydrogens is 233 g/mol. The van der Waals surface area contributed by atoms with Crippen LogP contribution in [0.4, 0.5) is 0 Å². The molecule has 2 atom stereocenters. The summed E-state index contributed by atoms with van der Waals surface area (Å²) in [5.74, 6) is -0.102. The number of hydrogen-bond acceptors (Lipinski definition) is 1. The van der Waals surface area contributed by atoms with E-state index in [1.54, 1.807) is 0 Å². The monoisotopic (exact) mass is 247 g/mol. The zero-order valence-electron chi connectivity index (χ0n) is 8.64. The Hall–Kier alpha value is -0.0531. The van der Waals surface area contributed by atoms with E-state index in [0.29, 0.717) is 5.03 Å². The Balaban J connectivity index is 2.93. The Labute approximate surface area is 96.3 Å². The summed E-state index contributed by atoms with van der Waals surface area (Å²) in [6.07, 6.45) is 5.58. The number of rotatable bonds is 2. The first-order valence-corrected chi connectivity index (χ1v) is 8.92. The lowest BCUT2D eigenvalue weighted by Gasteiger charge is -2.29. The molecule has 1 nitrogen and oxygen atoms in total. The van der Waals surface area contributed by atoms with E-state index in [2.05, 4.69) is 19.6 Å². The molecule has 0 fully saturated rings. The summed E-state index contributed by atoms with van der Waals surface area (Å²) in [6, 6.07) is 0. The summed E-state index contributed by atoms with van der Waals surface area (Å²) in [4.78, 5) is 0. The van der Waals surface area contributed by atoms with E-state index in [0.717, 1.165) is 5.33 Å². The number of nitrogens with one attached hydrogen (secondary N) is 1. The van der Waals surface area contributed by atoms with Gasteiger partial charge in [0.15, 0.2) is 0 Å². The molecule has 78 valence electrons. The van der Waals surface area contributed by atoms with Crippen LogP contribution >= 0.6 is 23.2 Å². The van der Waals surface area contributed by atoms with Gasteiger partial charge in [-0.1, -0.05) is 43.4 Å². The molecule has 4 heteroatoms. The molecule has 0 aromatic carbocycles. The van der Waals surface area contributed by atoms with E-state index in [9.17, 15) is 0 Å².